The minimum absolute atomic E-state index is 0.0126. The van der Waals surface area contributed by atoms with Crippen LogP contribution in [0.4, 0.5) is 10.1 Å². The first kappa shape index (κ1) is 16.4. The fourth-order valence-corrected chi connectivity index (χ4v) is 3.13. The van der Waals surface area contributed by atoms with Crippen LogP contribution in [0.15, 0.2) is 48.5 Å². The molecule has 2 aliphatic heterocycles. The van der Waals surface area contributed by atoms with E-state index in [1.807, 2.05) is 23.1 Å². The van der Waals surface area contributed by atoms with Crippen molar-refractivity contribution < 1.29 is 18.7 Å². The normalized spacial score (nSPS) is 16.3. The van der Waals surface area contributed by atoms with Gasteiger partial charge in [0, 0.05) is 37.9 Å². The molecular formula is C20H19FN2O3. The maximum absolute atomic E-state index is 13.0. The zero-order chi connectivity index (χ0) is 17.9. The van der Waals surface area contributed by atoms with Gasteiger partial charge < -0.3 is 19.3 Å². The molecule has 26 heavy (non-hydrogen) atoms. The van der Waals surface area contributed by atoms with Gasteiger partial charge in [-0.2, -0.15) is 0 Å². The largest absolute Gasteiger partial charge is 0.454 e. The van der Waals surface area contributed by atoms with Crippen LogP contribution in [0.25, 0.3) is 6.08 Å². The molecule has 1 fully saturated rings. The van der Waals surface area contributed by atoms with Gasteiger partial charge in [0.2, 0.25) is 12.7 Å². The van der Waals surface area contributed by atoms with Crippen molar-refractivity contribution in [3.63, 3.8) is 0 Å². The third-order valence-corrected chi connectivity index (χ3v) is 4.60. The van der Waals surface area contributed by atoms with Crippen molar-refractivity contribution in [2.24, 2.45) is 0 Å². The summed E-state index contributed by atoms with van der Waals surface area (Å²) in [5, 5.41) is 0. The molecule has 0 unspecified atom stereocenters. The second-order valence-electron chi connectivity index (χ2n) is 6.23. The number of nitrogens with zero attached hydrogens (tertiary/aromatic N) is 2. The Hall–Kier alpha value is -3.02. The third-order valence-electron chi connectivity index (χ3n) is 4.60. The molecule has 2 aliphatic rings. The first-order valence-electron chi connectivity index (χ1n) is 8.56. The molecule has 134 valence electrons. The van der Waals surface area contributed by atoms with Crippen molar-refractivity contribution in [3.05, 3.63) is 59.9 Å². The summed E-state index contributed by atoms with van der Waals surface area (Å²) in [6, 6.07) is 12.1. The Morgan fingerprint density at radius 2 is 1.69 bits per heavy atom. The summed E-state index contributed by atoms with van der Waals surface area (Å²) in [4.78, 5) is 16.4. The third kappa shape index (κ3) is 3.49. The number of rotatable bonds is 3. The molecule has 1 saturated heterocycles. The number of ether oxygens (including phenoxy) is 2. The van der Waals surface area contributed by atoms with Gasteiger partial charge in [0.1, 0.15) is 5.82 Å². The molecule has 2 heterocycles. The molecule has 0 aliphatic carbocycles. The number of benzene rings is 2. The molecular weight excluding hydrogens is 335 g/mol. The Morgan fingerprint density at radius 1 is 0.962 bits per heavy atom. The van der Waals surface area contributed by atoms with Crippen molar-refractivity contribution in [3.8, 4) is 11.5 Å². The first-order valence-corrected chi connectivity index (χ1v) is 8.56. The maximum atomic E-state index is 13.0. The fourth-order valence-electron chi connectivity index (χ4n) is 3.13. The number of carbonyl (C=O) groups excluding carboxylic acids is 1. The van der Waals surface area contributed by atoms with Gasteiger partial charge in [0.15, 0.2) is 11.5 Å². The van der Waals surface area contributed by atoms with Crippen LogP contribution in [0.2, 0.25) is 0 Å². The standard InChI is InChI=1S/C20H19FN2O3/c21-16-3-5-17(6-4-16)22-9-11-23(12-10-22)20(24)8-2-15-1-7-18-19(13-15)26-14-25-18/h1-8,13H,9-12,14H2. The number of hydrogen-bond donors (Lipinski definition) is 0. The summed E-state index contributed by atoms with van der Waals surface area (Å²) < 4.78 is 23.6. The van der Waals surface area contributed by atoms with Gasteiger partial charge in [-0.05, 0) is 48.0 Å². The highest BCUT2D eigenvalue weighted by molar-refractivity contribution is 5.92. The molecule has 0 atom stereocenters. The van der Waals surface area contributed by atoms with Gasteiger partial charge in [0.25, 0.3) is 0 Å². The fraction of sp³-hybridized carbons (Fsp3) is 0.250. The van der Waals surface area contributed by atoms with Crippen molar-refractivity contribution >= 4 is 17.7 Å². The van der Waals surface area contributed by atoms with Crippen LogP contribution in [-0.4, -0.2) is 43.8 Å². The average molecular weight is 354 g/mol. The Bertz CT molecular complexity index is 827. The summed E-state index contributed by atoms with van der Waals surface area (Å²) in [6.07, 6.45) is 3.38. The van der Waals surface area contributed by atoms with Crippen LogP contribution in [0.1, 0.15) is 5.56 Å². The number of anilines is 1. The zero-order valence-electron chi connectivity index (χ0n) is 14.2. The summed E-state index contributed by atoms with van der Waals surface area (Å²) in [5.74, 6) is 1.18. The van der Waals surface area contributed by atoms with Crippen molar-refractivity contribution in [1.82, 2.24) is 4.90 Å². The molecule has 2 aromatic rings. The Kier molecular flexibility index (Phi) is 4.48. The van der Waals surface area contributed by atoms with Gasteiger partial charge in [-0.25, -0.2) is 4.39 Å². The Balaban J connectivity index is 1.34. The highest BCUT2D eigenvalue weighted by Gasteiger charge is 2.20. The molecule has 4 rings (SSSR count). The van der Waals surface area contributed by atoms with Crippen LogP contribution >= 0.6 is 0 Å². The number of hydrogen-bond acceptors (Lipinski definition) is 4. The lowest BCUT2D eigenvalue weighted by molar-refractivity contribution is -0.126. The van der Waals surface area contributed by atoms with Crippen LogP contribution < -0.4 is 14.4 Å². The Labute approximate surface area is 151 Å². The first-order chi connectivity index (χ1) is 12.7. The molecule has 0 spiro atoms. The van der Waals surface area contributed by atoms with Gasteiger partial charge in [0.05, 0.1) is 0 Å². The van der Waals surface area contributed by atoms with E-state index in [1.165, 1.54) is 12.1 Å². The lowest BCUT2D eigenvalue weighted by Crippen LogP contribution is -2.48. The minimum atomic E-state index is -0.240. The van der Waals surface area contributed by atoms with Crippen molar-refractivity contribution in [1.29, 1.82) is 0 Å². The van der Waals surface area contributed by atoms with Crippen LogP contribution in [0.3, 0.4) is 0 Å². The number of piperazine rings is 1. The quantitative estimate of drug-likeness (QED) is 0.795. The molecule has 0 N–H and O–H groups in total. The molecule has 6 heteroatoms. The summed E-state index contributed by atoms with van der Waals surface area (Å²) >= 11 is 0. The van der Waals surface area contributed by atoms with E-state index in [1.54, 1.807) is 24.3 Å². The van der Waals surface area contributed by atoms with E-state index in [-0.39, 0.29) is 18.5 Å². The molecule has 0 aromatic heterocycles. The highest BCUT2D eigenvalue weighted by Crippen LogP contribution is 2.32. The Morgan fingerprint density at radius 3 is 2.46 bits per heavy atom. The smallest absolute Gasteiger partial charge is 0.246 e. The molecule has 5 nitrogen and oxygen atoms in total. The second-order valence-corrected chi connectivity index (χ2v) is 6.23. The summed E-state index contributed by atoms with van der Waals surface area (Å²) in [6.45, 7) is 2.98. The van der Waals surface area contributed by atoms with E-state index in [9.17, 15) is 9.18 Å². The molecule has 0 radical (unpaired) electrons. The van der Waals surface area contributed by atoms with E-state index in [0.717, 1.165) is 30.1 Å². The molecule has 0 bridgehead atoms. The maximum Gasteiger partial charge on any atom is 0.246 e. The number of amides is 1. The SMILES string of the molecule is O=C(C=Cc1ccc2c(c1)OCO2)N1CCN(c2ccc(F)cc2)CC1. The highest BCUT2D eigenvalue weighted by atomic mass is 19.1. The van der Waals surface area contributed by atoms with E-state index >= 15 is 0 Å². The van der Waals surface area contributed by atoms with E-state index in [4.69, 9.17) is 9.47 Å². The monoisotopic (exact) mass is 354 g/mol. The molecule has 1 amide bonds. The van der Waals surface area contributed by atoms with Crippen molar-refractivity contribution in [2.45, 2.75) is 0 Å². The van der Waals surface area contributed by atoms with E-state index in [0.29, 0.717) is 18.8 Å². The predicted molar refractivity (Wildman–Crippen MR) is 96.8 cm³/mol. The van der Waals surface area contributed by atoms with Crippen LogP contribution in [0, 0.1) is 5.82 Å². The number of halogens is 1. The van der Waals surface area contributed by atoms with Gasteiger partial charge in [-0.15, -0.1) is 0 Å². The zero-order valence-corrected chi connectivity index (χ0v) is 14.2. The van der Waals surface area contributed by atoms with E-state index < -0.39 is 0 Å². The van der Waals surface area contributed by atoms with Gasteiger partial charge in [-0.1, -0.05) is 6.07 Å². The number of carbonyl (C=O) groups is 1. The predicted octanol–water partition coefficient (Wildman–Crippen LogP) is 2.92. The van der Waals surface area contributed by atoms with Crippen LogP contribution in [0.5, 0.6) is 11.5 Å². The van der Waals surface area contributed by atoms with Crippen molar-refractivity contribution in [2.75, 3.05) is 37.9 Å². The van der Waals surface area contributed by atoms with Gasteiger partial charge >= 0.3 is 0 Å². The molecule has 2 aromatic carbocycles. The summed E-state index contributed by atoms with van der Waals surface area (Å²) in [7, 11) is 0. The number of fused-ring (bicyclic) bond motifs is 1. The molecule has 0 saturated carbocycles. The second kappa shape index (κ2) is 7.07. The lowest BCUT2D eigenvalue weighted by Gasteiger charge is -2.35. The topological polar surface area (TPSA) is 42.0 Å². The van der Waals surface area contributed by atoms with Crippen LogP contribution in [-0.2, 0) is 4.79 Å². The summed E-state index contributed by atoms with van der Waals surface area (Å²) in [5.41, 5.74) is 1.88. The lowest BCUT2D eigenvalue weighted by atomic mass is 10.2. The average Bonchev–Trinajstić information content (AvgIpc) is 3.15. The van der Waals surface area contributed by atoms with Gasteiger partial charge in [-0.3, -0.25) is 4.79 Å². The minimum Gasteiger partial charge on any atom is -0.454 e. The van der Waals surface area contributed by atoms with E-state index in [2.05, 4.69) is 4.90 Å².